The molecule has 0 spiro atoms. The first-order valence-corrected chi connectivity index (χ1v) is 9.74. The molecule has 0 bridgehead atoms. The second-order valence-electron chi connectivity index (χ2n) is 6.87. The first-order valence-electron chi connectivity index (χ1n) is 8.92. The van der Waals surface area contributed by atoms with Crippen molar-refractivity contribution >= 4 is 33.1 Å². The van der Waals surface area contributed by atoms with Gasteiger partial charge in [0.25, 0.3) is 11.6 Å². The Labute approximate surface area is 160 Å². The van der Waals surface area contributed by atoms with Crippen LogP contribution >= 0.6 is 11.3 Å². The quantitative estimate of drug-likeness (QED) is 0.493. The molecule has 0 N–H and O–H groups in total. The van der Waals surface area contributed by atoms with E-state index in [1.165, 1.54) is 10.8 Å². The number of carbonyl (C=O) groups excluding carboxylic acids is 1. The zero-order valence-corrected chi connectivity index (χ0v) is 15.7. The van der Waals surface area contributed by atoms with Gasteiger partial charge in [0.1, 0.15) is 0 Å². The topological polar surface area (TPSA) is 76.3 Å². The summed E-state index contributed by atoms with van der Waals surface area (Å²) in [6.45, 7) is 3.00. The number of para-hydroxylation sites is 1. The largest absolute Gasteiger partial charge is 0.338 e. The molecular weight excluding hydrogens is 362 g/mol. The third-order valence-corrected chi connectivity index (χ3v) is 6.21. The zero-order chi connectivity index (χ0) is 19.0. The fourth-order valence-electron chi connectivity index (χ4n) is 3.60. The number of aryl methyl sites for hydroxylation is 1. The van der Waals surface area contributed by atoms with Crippen molar-refractivity contribution in [2.24, 2.45) is 0 Å². The molecule has 0 aliphatic carbocycles. The summed E-state index contributed by atoms with van der Waals surface area (Å²) in [5.74, 6) is 0.165. The molecule has 7 heteroatoms. The van der Waals surface area contributed by atoms with Gasteiger partial charge in [-0.05, 0) is 44.0 Å². The number of likely N-dealkylation sites (tertiary alicyclic amines) is 1. The van der Waals surface area contributed by atoms with Crippen molar-refractivity contribution in [3.05, 3.63) is 68.7 Å². The summed E-state index contributed by atoms with van der Waals surface area (Å²) in [5, 5.41) is 12.1. The van der Waals surface area contributed by atoms with Gasteiger partial charge in [0, 0.05) is 36.2 Å². The number of hydrogen-bond acceptors (Lipinski definition) is 5. The van der Waals surface area contributed by atoms with E-state index in [9.17, 15) is 14.9 Å². The predicted octanol–water partition coefficient (Wildman–Crippen LogP) is 4.53. The minimum atomic E-state index is -0.423. The van der Waals surface area contributed by atoms with Crippen molar-refractivity contribution in [3.8, 4) is 0 Å². The zero-order valence-electron chi connectivity index (χ0n) is 14.9. The van der Waals surface area contributed by atoms with Crippen LogP contribution in [0.2, 0.25) is 0 Å². The Morgan fingerprint density at radius 2 is 2.11 bits per heavy atom. The smallest absolute Gasteiger partial charge is 0.272 e. The van der Waals surface area contributed by atoms with Gasteiger partial charge in [0.2, 0.25) is 0 Å². The van der Waals surface area contributed by atoms with Gasteiger partial charge in [-0.25, -0.2) is 4.98 Å². The molecule has 1 amide bonds. The lowest BCUT2D eigenvalue weighted by molar-refractivity contribution is -0.385. The highest BCUT2D eigenvalue weighted by molar-refractivity contribution is 7.18. The molecule has 6 nitrogen and oxygen atoms in total. The highest BCUT2D eigenvalue weighted by Gasteiger charge is 2.28. The Balaban J connectivity index is 1.54. The molecule has 1 saturated heterocycles. The first kappa shape index (κ1) is 17.6. The second-order valence-corrected chi connectivity index (χ2v) is 7.93. The third kappa shape index (κ3) is 3.42. The van der Waals surface area contributed by atoms with E-state index in [-0.39, 0.29) is 17.5 Å². The summed E-state index contributed by atoms with van der Waals surface area (Å²) in [4.78, 5) is 30.1. The molecule has 2 aromatic carbocycles. The van der Waals surface area contributed by atoms with E-state index in [2.05, 4.69) is 6.07 Å². The number of fused-ring (bicyclic) bond motifs is 1. The van der Waals surface area contributed by atoms with Gasteiger partial charge < -0.3 is 4.90 Å². The number of piperidine rings is 1. The number of thiazole rings is 1. The van der Waals surface area contributed by atoms with Crippen LogP contribution in [0, 0.1) is 17.0 Å². The molecule has 138 valence electrons. The molecule has 1 fully saturated rings. The number of carbonyl (C=O) groups is 1. The maximum atomic E-state index is 12.9. The lowest BCUT2D eigenvalue weighted by atomic mass is 9.97. The number of rotatable bonds is 3. The molecule has 1 aliphatic heterocycles. The van der Waals surface area contributed by atoms with E-state index < -0.39 is 4.92 Å². The highest BCUT2D eigenvalue weighted by Crippen LogP contribution is 2.33. The molecule has 27 heavy (non-hydrogen) atoms. The number of hydrogen-bond donors (Lipinski definition) is 0. The number of nitro benzene ring substituents is 1. The third-order valence-electron chi connectivity index (χ3n) is 5.01. The number of nitro groups is 1. The van der Waals surface area contributed by atoms with Crippen molar-refractivity contribution < 1.29 is 9.72 Å². The van der Waals surface area contributed by atoms with Crippen LogP contribution < -0.4 is 0 Å². The van der Waals surface area contributed by atoms with Crippen molar-refractivity contribution in [2.45, 2.75) is 25.7 Å². The predicted molar refractivity (Wildman–Crippen MR) is 105 cm³/mol. The molecule has 0 saturated carbocycles. The van der Waals surface area contributed by atoms with Crippen molar-refractivity contribution in [3.63, 3.8) is 0 Å². The van der Waals surface area contributed by atoms with Crippen molar-refractivity contribution in [2.75, 3.05) is 13.1 Å². The first-order chi connectivity index (χ1) is 13.0. The lowest BCUT2D eigenvalue weighted by Gasteiger charge is -2.32. The Morgan fingerprint density at radius 3 is 2.85 bits per heavy atom. The van der Waals surface area contributed by atoms with Crippen molar-refractivity contribution in [1.29, 1.82) is 0 Å². The molecule has 0 radical (unpaired) electrons. The van der Waals surface area contributed by atoms with E-state index in [1.54, 1.807) is 30.4 Å². The summed E-state index contributed by atoms with van der Waals surface area (Å²) < 4.78 is 1.17. The summed E-state index contributed by atoms with van der Waals surface area (Å²) in [7, 11) is 0. The Morgan fingerprint density at radius 1 is 1.30 bits per heavy atom. The van der Waals surface area contributed by atoms with Crippen LogP contribution in [-0.4, -0.2) is 33.8 Å². The van der Waals surface area contributed by atoms with Crippen LogP contribution in [0.1, 0.15) is 39.7 Å². The van der Waals surface area contributed by atoms with Gasteiger partial charge in [0.05, 0.1) is 20.1 Å². The molecule has 2 heterocycles. The molecule has 1 aliphatic rings. The summed E-state index contributed by atoms with van der Waals surface area (Å²) >= 11 is 1.70. The Kier molecular flexibility index (Phi) is 4.61. The maximum Gasteiger partial charge on any atom is 0.272 e. The lowest BCUT2D eigenvalue weighted by Crippen LogP contribution is -2.39. The molecule has 3 aromatic rings. The monoisotopic (exact) mass is 381 g/mol. The van der Waals surface area contributed by atoms with Gasteiger partial charge >= 0.3 is 0 Å². The molecular formula is C20H19N3O3S. The van der Waals surface area contributed by atoms with Crippen LogP contribution in [0.4, 0.5) is 5.69 Å². The van der Waals surface area contributed by atoms with Gasteiger partial charge in [0.15, 0.2) is 0 Å². The molecule has 0 unspecified atom stereocenters. The maximum absolute atomic E-state index is 12.9. The summed E-state index contributed by atoms with van der Waals surface area (Å²) in [5.41, 5.74) is 2.05. The minimum Gasteiger partial charge on any atom is -0.338 e. The van der Waals surface area contributed by atoms with E-state index in [4.69, 9.17) is 4.98 Å². The number of amides is 1. The van der Waals surface area contributed by atoms with Crippen LogP contribution in [0.15, 0.2) is 42.5 Å². The van der Waals surface area contributed by atoms with Gasteiger partial charge in [-0.15, -0.1) is 11.3 Å². The SMILES string of the molecule is Cc1cc(C(=O)N2CCC[C@@H](c3nc4ccccc4s3)C2)ccc1[N+](=O)[O-]. The van der Waals surface area contributed by atoms with Crippen molar-refractivity contribution in [1.82, 2.24) is 9.88 Å². The number of nitrogens with zero attached hydrogens (tertiary/aromatic N) is 3. The van der Waals surface area contributed by atoms with Crippen LogP contribution in [-0.2, 0) is 0 Å². The fourth-order valence-corrected chi connectivity index (χ4v) is 4.70. The Hall–Kier alpha value is -2.80. The fraction of sp³-hybridized carbons (Fsp3) is 0.300. The second kappa shape index (κ2) is 7.08. The number of benzene rings is 2. The molecule has 1 aromatic heterocycles. The summed E-state index contributed by atoms with van der Waals surface area (Å²) in [6, 6.07) is 12.7. The minimum absolute atomic E-state index is 0.0394. The normalized spacial score (nSPS) is 17.2. The average molecular weight is 381 g/mol. The van der Waals surface area contributed by atoms with E-state index in [0.29, 0.717) is 24.2 Å². The van der Waals surface area contributed by atoms with Crippen LogP contribution in [0.5, 0.6) is 0 Å². The average Bonchev–Trinajstić information content (AvgIpc) is 3.11. The van der Waals surface area contributed by atoms with Crippen LogP contribution in [0.3, 0.4) is 0 Å². The van der Waals surface area contributed by atoms with E-state index in [0.717, 1.165) is 23.4 Å². The Bertz CT molecular complexity index is 997. The van der Waals surface area contributed by atoms with Gasteiger partial charge in [-0.1, -0.05) is 12.1 Å². The molecule has 1 atom stereocenters. The van der Waals surface area contributed by atoms with E-state index >= 15 is 0 Å². The van der Waals surface area contributed by atoms with Gasteiger partial charge in [-0.3, -0.25) is 14.9 Å². The highest BCUT2D eigenvalue weighted by atomic mass is 32.1. The summed E-state index contributed by atoms with van der Waals surface area (Å²) in [6.07, 6.45) is 1.95. The van der Waals surface area contributed by atoms with E-state index in [1.807, 2.05) is 23.1 Å². The van der Waals surface area contributed by atoms with Gasteiger partial charge in [-0.2, -0.15) is 0 Å². The standard InChI is InChI=1S/C20H19N3O3S/c1-13-11-14(8-9-17(13)23(25)26)20(24)22-10-4-5-15(12-22)19-21-16-6-2-3-7-18(16)27-19/h2-3,6-9,11,15H,4-5,10,12H2,1H3/t15-/m1/s1. The number of aromatic nitrogens is 1. The molecule has 4 rings (SSSR count). The van der Waals surface area contributed by atoms with Crippen LogP contribution in [0.25, 0.3) is 10.2 Å².